The molecule has 10 aromatic rings. The molecular weight excluding hydrogens is 743 g/mol. The number of nitrogens with zero attached hydrogens (tertiary/aromatic N) is 3. The molecule has 0 unspecified atom stereocenters. The number of benzene rings is 8. The van der Waals surface area contributed by atoms with Crippen molar-refractivity contribution in [3.63, 3.8) is 0 Å². The summed E-state index contributed by atoms with van der Waals surface area (Å²) in [7, 11) is 0. The Hall–Kier alpha value is -7.82. The second-order valence-corrected chi connectivity index (χ2v) is 16.4. The van der Waals surface area contributed by atoms with Crippen molar-refractivity contribution >= 4 is 27.9 Å². The molecule has 286 valence electrons. The number of rotatable bonds is 4. The minimum atomic E-state index is -0.551. The van der Waals surface area contributed by atoms with E-state index < -0.39 is 5.41 Å². The van der Waals surface area contributed by atoms with Crippen molar-refractivity contribution in [2.24, 2.45) is 0 Å². The third-order valence-electron chi connectivity index (χ3n) is 13.1. The molecule has 3 aliphatic rings. The van der Waals surface area contributed by atoms with Crippen LogP contribution in [-0.2, 0) is 11.8 Å². The lowest BCUT2D eigenvalue weighted by molar-refractivity contribution is 0.437. The molecule has 0 fully saturated rings. The number of aryl methyl sites for hydroxylation is 1. The summed E-state index contributed by atoms with van der Waals surface area (Å²) in [5.41, 5.74) is 17.7. The Labute approximate surface area is 353 Å². The third kappa shape index (κ3) is 4.93. The van der Waals surface area contributed by atoms with Crippen molar-refractivity contribution in [3.8, 4) is 62.2 Å². The molecule has 1 spiro atoms. The van der Waals surface area contributed by atoms with Crippen LogP contribution in [0.25, 0.3) is 78.6 Å². The molecule has 13 rings (SSSR count). The first-order valence-electron chi connectivity index (χ1n) is 21.1. The molecule has 0 bridgehead atoms. The molecule has 0 amide bonds. The highest BCUT2D eigenvalue weighted by Gasteiger charge is 2.51. The van der Waals surface area contributed by atoms with Gasteiger partial charge in [-0.05, 0) is 82.6 Å². The van der Waals surface area contributed by atoms with Gasteiger partial charge in [0.1, 0.15) is 11.5 Å². The van der Waals surface area contributed by atoms with Gasteiger partial charge in [-0.25, -0.2) is 9.97 Å². The number of ether oxygens (including phenoxy) is 1. The van der Waals surface area contributed by atoms with E-state index >= 15 is 0 Å². The van der Waals surface area contributed by atoms with E-state index in [0.717, 1.165) is 69.1 Å². The highest BCUT2D eigenvalue weighted by Crippen LogP contribution is 2.62. The van der Waals surface area contributed by atoms with Crippen LogP contribution in [0.1, 0.15) is 39.8 Å². The van der Waals surface area contributed by atoms with Gasteiger partial charge in [-0.1, -0.05) is 158 Å². The fourth-order valence-electron chi connectivity index (χ4n) is 10.5. The third-order valence-corrected chi connectivity index (χ3v) is 13.1. The molecular formula is C57H37N3O. The van der Waals surface area contributed by atoms with Crippen LogP contribution in [0.5, 0.6) is 11.5 Å². The maximum atomic E-state index is 7.06. The minimum absolute atomic E-state index is 0.551. The first kappa shape index (κ1) is 34.1. The van der Waals surface area contributed by atoms with Gasteiger partial charge in [-0.3, -0.25) is 0 Å². The SMILES string of the molecule is C1=Cc2c(ccc3c2c2cc4c(cc2n3-c2cccc(-c3cc(-c5ccccc5)nc(-c5ccccc5)n3)c2)Oc2ccccc2C42c3ccccc3-c3ccccc32)CC1. The number of para-hydroxylation sites is 1. The van der Waals surface area contributed by atoms with Crippen LogP contribution in [0.2, 0.25) is 0 Å². The molecule has 8 aromatic carbocycles. The molecule has 4 nitrogen and oxygen atoms in total. The van der Waals surface area contributed by atoms with Crippen LogP contribution in [-0.4, -0.2) is 14.5 Å². The average Bonchev–Trinajstić information content (AvgIpc) is 3.82. The molecule has 4 heteroatoms. The van der Waals surface area contributed by atoms with Gasteiger partial charge in [-0.2, -0.15) is 0 Å². The Kier molecular flexibility index (Phi) is 7.31. The van der Waals surface area contributed by atoms with E-state index in [9.17, 15) is 0 Å². The Balaban J connectivity index is 1.08. The van der Waals surface area contributed by atoms with Crippen LogP contribution in [0.15, 0.2) is 194 Å². The summed E-state index contributed by atoms with van der Waals surface area (Å²) in [5, 5.41) is 2.48. The Bertz CT molecular complexity index is 3350. The lowest BCUT2D eigenvalue weighted by Crippen LogP contribution is -2.32. The molecule has 0 radical (unpaired) electrons. The quantitative estimate of drug-likeness (QED) is 0.179. The van der Waals surface area contributed by atoms with E-state index in [-0.39, 0.29) is 0 Å². The van der Waals surface area contributed by atoms with E-state index in [2.05, 4.69) is 181 Å². The monoisotopic (exact) mass is 779 g/mol. The number of aromatic nitrogens is 3. The van der Waals surface area contributed by atoms with Crippen molar-refractivity contribution in [2.75, 3.05) is 0 Å². The van der Waals surface area contributed by atoms with Gasteiger partial charge < -0.3 is 9.30 Å². The van der Waals surface area contributed by atoms with Gasteiger partial charge >= 0.3 is 0 Å². The minimum Gasteiger partial charge on any atom is -0.457 e. The Morgan fingerprint density at radius 1 is 0.492 bits per heavy atom. The zero-order valence-electron chi connectivity index (χ0n) is 33.2. The maximum Gasteiger partial charge on any atom is 0.160 e. The summed E-state index contributed by atoms with van der Waals surface area (Å²) < 4.78 is 9.49. The highest BCUT2D eigenvalue weighted by molar-refractivity contribution is 6.14. The summed E-state index contributed by atoms with van der Waals surface area (Å²) in [6, 6.07) is 67.5. The largest absolute Gasteiger partial charge is 0.457 e. The summed E-state index contributed by atoms with van der Waals surface area (Å²) >= 11 is 0. The van der Waals surface area contributed by atoms with E-state index in [1.165, 1.54) is 55.3 Å². The van der Waals surface area contributed by atoms with Gasteiger partial charge in [0, 0.05) is 50.3 Å². The van der Waals surface area contributed by atoms with Gasteiger partial charge in [0.2, 0.25) is 0 Å². The van der Waals surface area contributed by atoms with Crippen LogP contribution >= 0.6 is 0 Å². The summed E-state index contributed by atoms with van der Waals surface area (Å²) in [4.78, 5) is 10.3. The van der Waals surface area contributed by atoms with Crippen molar-refractivity contribution in [3.05, 3.63) is 228 Å². The molecule has 2 aliphatic carbocycles. The highest BCUT2D eigenvalue weighted by atomic mass is 16.5. The molecule has 0 atom stereocenters. The summed E-state index contributed by atoms with van der Waals surface area (Å²) in [6.07, 6.45) is 6.75. The summed E-state index contributed by atoms with van der Waals surface area (Å²) in [6.45, 7) is 0. The first-order chi connectivity index (χ1) is 30.2. The standard InChI is InChI=1S/C57H37N3O/c1-3-17-37(18-4-1)49-34-50(59-56(58-49)38-19-5-2-6-20-38)39-21-15-22-40(32-39)60-51-31-30-36-16-7-8-23-41(36)55(51)44-33-48-54(35-52(44)60)61-53-29-14-13-28-47(53)57(48)45-26-11-9-24-42(45)43-25-10-12-27-46(43)57/h1-6,8-15,17-35H,7,16H2. The number of hydrogen-bond donors (Lipinski definition) is 0. The van der Waals surface area contributed by atoms with Gasteiger partial charge in [0.05, 0.1) is 27.8 Å². The topological polar surface area (TPSA) is 39.9 Å². The molecule has 0 N–H and O–H groups in total. The molecule has 61 heavy (non-hydrogen) atoms. The normalized spacial score (nSPS) is 14.0. The lowest BCUT2D eigenvalue weighted by atomic mass is 9.66. The van der Waals surface area contributed by atoms with Gasteiger partial charge in [-0.15, -0.1) is 0 Å². The lowest BCUT2D eigenvalue weighted by Gasteiger charge is -2.39. The van der Waals surface area contributed by atoms with Crippen LogP contribution < -0.4 is 4.74 Å². The van der Waals surface area contributed by atoms with Crippen molar-refractivity contribution in [1.82, 2.24) is 14.5 Å². The predicted molar refractivity (Wildman–Crippen MR) is 247 cm³/mol. The van der Waals surface area contributed by atoms with Crippen LogP contribution in [0, 0.1) is 0 Å². The smallest absolute Gasteiger partial charge is 0.160 e. The number of allylic oxidation sites excluding steroid dienone is 1. The first-order valence-corrected chi connectivity index (χ1v) is 21.1. The molecule has 2 aromatic heterocycles. The second kappa shape index (κ2) is 13.1. The zero-order chi connectivity index (χ0) is 40.1. The van der Waals surface area contributed by atoms with Crippen LogP contribution in [0.4, 0.5) is 0 Å². The Morgan fingerprint density at radius 2 is 1.15 bits per heavy atom. The van der Waals surface area contributed by atoms with Gasteiger partial charge in [0.15, 0.2) is 5.82 Å². The van der Waals surface area contributed by atoms with Crippen molar-refractivity contribution < 1.29 is 4.74 Å². The van der Waals surface area contributed by atoms with Crippen molar-refractivity contribution in [1.29, 1.82) is 0 Å². The molecule has 3 heterocycles. The van der Waals surface area contributed by atoms with E-state index in [0.29, 0.717) is 5.82 Å². The Morgan fingerprint density at radius 3 is 1.92 bits per heavy atom. The number of hydrogen-bond acceptors (Lipinski definition) is 3. The number of fused-ring (bicyclic) bond motifs is 14. The van der Waals surface area contributed by atoms with E-state index in [4.69, 9.17) is 14.7 Å². The fraction of sp³-hybridized carbons (Fsp3) is 0.0526. The van der Waals surface area contributed by atoms with Gasteiger partial charge in [0.25, 0.3) is 0 Å². The molecule has 0 saturated heterocycles. The summed E-state index contributed by atoms with van der Waals surface area (Å²) in [5.74, 6) is 2.46. The average molecular weight is 780 g/mol. The second-order valence-electron chi connectivity index (χ2n) is 16.4. The predicted octanol–water partition coefficient (Wildman–Crippen LogP) is 14.0. The van der Waals surface area contributed by atoms with Crippen molar-refractivity contribution in [2.45, 2.75) is 18.3 Å². The fourth-order valence-corrected chi connectivity index (χ4v) is 10.5. The maximum absolute atomic E-state index is 7.06. The van der Waals surface area contributed by atoms with E-state index in [1.54, 1.807) is 0 Å². The molecule has 1 aliphatic heterocycles. The zero-order valence-corrected chi connectivity index (χ0v) is 33.2. The van der Waals surface area contributed by atoms with E-state index in [1.807, 2.05) is 24.3 Å². The van der Waals surface area contributed by atoms with Crippen LogP contribution in [0.3, 0.4) is 0 Å². The molecule has 0 saturated carbocycles.